The molecule has 1 aliphatic heterocycles. The minimum atomic E-state index is -0.00934. The van der Waals surface area contributed by atoms with Gasteiger partial charge in [-0.15, -0.1) is 24.0 Å². The zero-order chi connectivity index (χ0) is 17.6. The molecule has 0 radical (unpaired) electrons. The summed E-state index contributed by atoms with van der Waals surface area (Å²) < 4.78 is 0. The largest absolute Gasteiger partial charge is 0.354 e. The standard InChI is InChI=1S/C18H32N6.HI/c1-6-23-9-11-24(12-10-23)16-8-7-15(13-20-16)14-21-17(19-5)22-18(2,3)4;/h7-8,13H,6,9-12,14H2,1-5H3,(H2,19,21,22);1H. The summed E-state index contributed by atoms with van der Waals surface area (Å²) in [7, 11) is 1.79. The van der Waals surface area contributed by atoms with Gasteiger partial charge < -0.3 is 20.4 Å². The van der Waals surface area contributed by atoms with Crippen molar-refractivity contribution in [2.75, 3.05) is 44.7 Å². The van der Waals surface area contributed by atoms with Crippen LogP contribution in [0.4, 0.5) is 5.82 Å². The van der Waals surface area contributed by atoms with Gasteiger partial charge in [-0.05, 0) is 38.9 Å². The molecule has 0 amide bonds. The van der Waals surface area contributed by atoms with Crippen molar-refractivity contribution in [3.63, 3.8) is 0 Å². The molecule has 2 rings (SSSR count). The number of likely N-dealkylation sites (N-methyl/N-ethyl adjacent to an activating group) is 1. The first-order valence-electron chi connectivity index (χ1n) is 8.82. The van der Waals surface area contributed by atoms with E-state index in [1.54, 1.807) is 7.05 Å². The van der Waals surface area contributed by atoms with Gasteiger partial charge in [-0.2, -0.15) is 0 Å². The van der Waals surface area contributed by atoms with Gasteiger partial charge in [-0.3, -0.25) is 4.99 Å². The number of aromatic nitrogens is 1. The molecule has 1 saturated heterocycles. The van der Waals surface area contributed by atoms with Crippen molar-refractivity contribution < 1.29 is 0 Å². The fourth-order valence-electron chi connectivity index (χ4n) is 2.72. The van der Waals surface area contributed by atoms with Crippen molar-refractivity contribution in [2.45, 2.75) is 39.8 Å². The summed E-state index contributed by atoms with van der Waals surface area (Å²) in [4.78, 5) is 13.7. The van der Waals surface area contributed by atoms with E-state index in [2.05, 4.69) is 70.2 Å². The zero-order valence-corrected chi connectivity index (χ0v) is 18.5. The molecule has 1 aromatic heterocycles. The predicted molar refractivity (Wildman–Crippen MR) is 117 cm³/mol. The lowest BCUT2D eigenvalue weighted by molar-refractivity contribution is 0.270. The number of nitrogens with zero attached hydrogens (tertiary/aromatic N) is 4. The van der Waals surface area contributed by atoms with E-state index < -0.39 is 0 Å². The summed E-state index contributed by atoms with van der Waals surface area (Å²) >= 11 is 0. The van der Waals surface area contributed by atoms with Crippen molar-refractivity contribution in [3.8, 4) is 0 Å². The second-order valence-electron chi connectivity index (χ2n) is 7.25. The fourth-order valence-corrected chi connectivity index (χ4v) is 2.72. The molecular formula is C18H33IN6. The molecule has 0 unspecified atom stereocenters. The summed E-state index contributed by atoms with van der Waals surface area (Å²) in [5, 5.41) is 6.69. The third-order valence-corrected chi connectivity index (χ3v) is 4.13. The molecular weight excluding hydrogens is 427 g/mol. The van der Waals surface area contributed by atoms with E-state index in [1.165, 1.54) is 0 Å². The van der Waals surface area contributed by atoms with Crippen molar-refractivity contribution in [2.24, 2.45) is 4.99 Å². The minimum absolute atomic E-state index is 0. The Hall–Kier alpha value is -1.09. The Morgan fingerprint density at radius 1 is 1.20 bits per heavy atom. The number of nitrogens with one attached hydrogen (secondary N) is 2. The Morgan fingerprint density at radius 2 is 1.88 bits per heavy atom. The highest BCUT2D eigenvalue weighted by molar-refractivity contribution is 14.0. The summed E-state index contributed by atoms with van der Waals surface area (Å²) in [5.74, 6) is 1.88. The van der Waals surface area contributed by atoms with E-state index in [-0.39, 0.29) is 29.5 Å². The molecule has 0 aromatic carbocycles. The van der Waals surface area contributed by atoms with Gasteiger partial charge in [-0.1, -0.05) is 13.0 Å². The third-order valence-electron chi connectivity index (χ3n) is 4.13. The number of aliphatic imine (C=N–C) groups is 1. The first-order valence-corrected chi connectivity index (χ1v) is 8.82. The van der Waals surface area contributed by atoms with Gasteiger partial charge in [0.05, 0.1) is 0 Å². The number of piperazine rings is 1. The summed E-state index contributed by atoms with van der Waals surface area (Å²) in [6.45, 7) is 14.8. The van der Waals surface area contributed by atoms with Crippen molar-refractivity contribution >= 4 is 35.8 Å². The molecule has 6 nitrogen and oxygen atoms in total. The van der Waals surface area contributed by atoms with Crippen LogP contribution >= 0.6 is 24.0 Å². The number of anilines is 1. The lowest BCUT2D eigenvalue weighted by Crippen LogP contribution is -2.47. The van der Waals surface area contributed by atoms with E-state index in [4.69, 9.17) is 0 Å². The van der Waals surface area contributed by atoms with Crippen molar-refractivity contribution in [1.29, 1.82) is 0 Å². The predicted octanol–water partition coefficient (Wildman–Crippen LogP) is 2.31. The molecule has 0 bridgehead atoms. The van der Waals surface area contributed by atoms with E-state index >= 15 is 0 Å². The maximum atomic E-state index is 4.64. The highest BCUT2D eigenvalue weighted by Crippen LogP contribution is 2.14. The summed E-state index contributed by atoms with van der Waals surface area (Å²) in [6.07, 6.45) is 1.96. The molecule has 0 atom stereocenters. The number of hydrogen-bond donors (Lipinski definition) is 2. The molecule has 0 spiro atoms. The van der Waals surface area contributed by atoms with Crippen molar-refractivity contribution in [1.82, 2.24) is 20.5 Å². The van der Waals surface area contributed by atoms with Gasteiger partial charge >= 0.3 is 0 Å². The molecule has 0 saturated carbocycles. The van der Waals surface area contributed by atoms with E-state index in [0.29, 0.717) is 6.54 Å². The normalized spacial score (nSPS) is 16.4. The van der Waals surface area contributed by atoms with Crippen LogP contribution in [0.15, 0.2) is 23.3 Å². The van der Waals surface area contributed by atoms with Crippen LogP contribution in [0.25, 0.3) is 0 Å². The van der Waals surface area contributed by atoms with Crippen LogP contribution in [0.2, 0.25) is 0 Å². The highest BCUT2D eigenvalue weighted by Gasteiger charge is 2.16. The van der Waals surface area contributed by atoms with Crippen LogP contribution in [0, 0.1) is 0 Å². The molecule has 2 heterocycles. The average molecular weight is 460 g/mol. The summed E-state index contributed by atoms with van der Waals surface area (Å²) in [6, 6.07) is 4.27. The first kappa shape index (κ1) is 22.0. The second kappa shape index (κ2) is 10.2. The molecule has 142 valence electrons. The Balaban J connectivity index is 0.00000312. The number of rotatable bonds is 4. The van der Waals surface area contributed by atoms with Crippen LogP contribution < -0.4 is 15.5 Å². The fraction of sp³-hybridized carbons (Fsp3) is 0.667. The Morgan fingerprint density at radius 3 is 2.36 bits per heavy atom. The van der Waals surface area contributed by atoms with Crippen LogP contribution in [0.1, 0.15) is 33.3 Å². The monoisotopic (exact) mass is 460 g/mol. The van der Waals surface area contributed by atoms with Gasteiger partial charge in [0.2, 0.25) is 0 Å². The average Bonchev–Trinajstić information content (AvgIpc) is 2.58. The van der Waals surface area contributed by atoms with Crippen LogP contribution in [-0.2, 0) is 6.54 Å². The Labute approximate surface area is 169 Å². The van der Waals surface area contributed by atoms with E-state index in [9.17, 15) is 0 Å². The second-order valence-corrected chi connectivity index (χ2v) is 7.25. The molecule has 0 aliphatic carbocycles. The third kappa shape index (κ3) is 7.35. The first-order chi connectivity index (χ1) is 11.4. The topological polar surface area (TPSA) is 55.8 Å². The zero-order valence-electron chi connectivity index (χ0n) is 16.2. The molecule has 7 heteroatoms. The lowest BCUT2D eigenvalue weighted by atomic mass is 10.1. The minimum Gasteiger partial charge on any atom is -0.354 e. The van der Waals surface area contributed by atoms with Crippen LogP contribution in [-0.4, -0.2) is 61.2 Å². The highest BCUT2D eigenvalue weighted by atomic mass is 127. The van der Waals surface area contributed by atoms with Gasteiger partial charge in [-0.25, -0.2) is 4.98 Å². The van der Waals surface area contributed by atoms with Crippen LogP contribution in [0.3, 0.4) is 0 Å². The molecule has 25 heavy (non-hydrogen) atoms. The Kier molecular flexibility index (Phi) is 8.92. The number of guanidine groups is 1. The van der Waals surface area contributed by atoms with Gasteiger partial charge in [0, 0.05) is 51.5 Å². The van der Waals surface area contributed by atoms with Gasteiger partial charge in [0.25, 0.3) is 0 Å². The number of halogens is 1. The lowest BCUT2D eigenvalue weighted by Gasteiger charge is -2.34. The smallest absolute Gasteiger partial charge is 0.191 e. The maximum Gasteiger partial charge on any atom is 0.191 e. The van der Waals surface area contributed by atoms with E-state index in [0.717, 1.165) is 50.1 Å². The molecule has 2 N–H and O–H groups in total. The maximum absolute atomic E-state index is 4.64. The van der Waals surface area contributed by atoms with Gasteiger partial charge in [0.1, 0.15) is 5.82 Å². The SMILES string of the molecule is CCN1CCN(c2ccc(CNC(=NC)NC(C)(C)C)cn2)CC1.I. The molecule has 1 aliphatic rings. The molecule has 1 fully saturated rings. The Bertz CT molecular complexity index is 529. The van der Waals surface area contributed by atoms with Crippen molar-refractivity contribution in [3.05, 3.63) is 23.9 Å². The molecule has 1 aromatic rings. The number of hydrogen-bond acceptors (Lipinski definition) is 4. The van der Waals surface area contributed by atoms with Gasteiger partial charge in [0.15, 0.2) is 5.96 Å². The van der Waals surface area contributed by atoms with Crippen LogP contribution in [0.5, 0.6) is 0 Å². The number of pyridine rings is 1. The summed E-state index contributed by atoms with van der Waals surface area (Å²) in [5.41, 5.74) is 1.15. The van der Waals surface area contributed by atoms with E-state index in [1.807, 2.05) is 6.20 Å². The quantitative estimate of drug-likeness (QED) is 0.411.